The first kappa shape index (κ1) is 32.4. The van der Waals surface area contributed by atoms with Gasteiger partial charge in [-0.25, -0.2) is 0 Å². The maximum atomic E-state index is 2.52. The van der Waals surface area contributed by atoms with Crippen LogP contribution in [-0.2, 0) is 0 Å². The van der Waals surface area contributed by atoms with Gasteiger partial charge in [-0.3, -0.25) is 0 Å². The molecule has 6 heterocycles. The van der Waals surface area contributed by atoms with Gasteiger partial charge in [-0.2, -0.15) is 0 Å². The van der Waals surface area contributed by atoms with Crippen LogP contribution in [0.2, 0.25) is 0 Å². The normalized spacial score (nSPS) is 12.8. The number of para-hydroxylation sites is 4. The number of aromatic nitrogens is 3. The SMILES string of the molecule is c1ccc(-c2ccc3c(c2)c2cc(-c4ccc5c(c4)c4cccc6c7ccccc7n5c64)cc4c5cc(-c6ccc7c(c6)c6cccc8c9ccccc9n7c86)ccc5n3c24)cc1. The molecule has 0 aliphatic heterocycles. The Hall–Kier alpha value is -8.40. The molecule has 0 spiro atoms. The fourth-order valence-corrected chi connectivity index (χ4v) is 11.9. The summed E-state index contributed by atoms with van der Waals surface area (Å²) in [4.78, 5) is 0. The van der Waals surface area contributed by atoms with E-state index >= 15 is 0 Å². The Bertz CT molecular complexity index is 4600. The van der Waals surface area contributed by atoms with Gasteiger partial charge < -0.3 is 13.2 Å². The predicted octanol–water partition coefficient (Wildman–Crippen LogP) is 16.1. The van der Waals surface area contributed by atoms with Crippen LogP contribution < -0.4 is 0 Å². The second-order valence-electron chi connectivity index (χ2n) is 17.7. The van der Waals surface area contributed by atoms with Crippen LogP contribution in [-0.4, -0.2) is 13.2 Å². The lowest BCUT2D eigenvalue weighted by Crippen LogP contribution is -1.84. The van der Waals surface area contributed by atoms with Gasteiger partial charge in [0.25, 0.3) is 0 Å². The summed E-state index contributed by atoms with van der Waals surface area (Å²) in [5.74, 6) is 0. The predicted molar refractivity (Wildman–Crippen MR) is 267 cm³/mol. The first-order chi connectivity index (χ1) is 31.2. The Labute approximate surface area is 359 Å². The number of rotatable bonds is 3. The molecule has 288 valence electrons. The van der Waals surface area contributed by atoms with Crippen molar-refractivity contribution < 1.29 is 0 Å². The lowest BCUT2D eigenvalue weighted by Gasteiger charge is -2.08. The number of nitrogens with zero attached hydrogens (tertiary/aromatic N) is 3. The molecule has 63 heavy (non-hydrogen) atoms. The third-order valence-electron chi connectivity index (χ3n) is 14.6. The molecule has 0 unspecified atom stereocenters. The van der Waals surface area contributed by atoms with Crippen LogP contribution >= 0.6 is 0 Å². The zero-order chi connectivity index (χ0) is 40.7. The van der Waals surface area contributed by atoms with Crippen LogP contribution in [0.4, 0.5) is 0 Å². The molecule has 0 N–H and O–H groups in total. The highest BCUT2D eigenvalue weighted by Gasteiger charge is 2.23. The molecular formula is C60H33N3. The van der Waals surface area contributed by atoms with Crippen LogP contribution in [0.1, 0.15) is 0 Å². The smallest absolute Gasteiger partial charge is 0.0620 e. The van der Waals surface area contributed by atoms with Crippen molar-refractivity contribution in [1.82, 2.24) is 13.2 Å². The van der Waals surface area contributed by atoms with E-state index in [9.17, 15) is 0 Å². The highest BCUT2D eigenvalue weighted by atomic mass is 14.9. The van der Waals surface area contributed by atoms with Gasteiger partial charge in [-0.05, 0) is 106 Å². The molecule has 10 aromatic carbocycles. The molecule has 0 aliphatic carbocycles. The van der Waals surface area contributed by atoms with Crippen molar-refractivity contribution >= 4 is 114 Å². The van der Waals surface area contributed by atoms with E-state index in [2.05, 4.69) is 213 Å². The minimum atomic E-state index is 1.23. The topological polar surface area (TPSA) is 13.2 Å². The van der Waals surface area contributed by atoms with Gasteiger partial charge in [-0.15, -0.1) is 0 Å². The maximum Gasteiger partial charge on any atom is 0.0620 e. The minimum Gasteiger partial charge on any atom is -0.308 e. The number of benzene rings is 10. The van der Waals surface area contributed by atoms with E-state index in [0.29, 0.717) is 0 Å². The summed E-state index contributed by atoms with van der Waals surface area (Å²) < 4.78 is 7.45. The fourth-order valence-electron chi connectivity index (χ4n) is 11.9. The molecule has 16 rings (SSSR count). The summed E-state index contributed by atoms with van der Waals surface area (Å²) in [7, 11) is 0. The third kappa shape index (κ3) is 3.97. The van der Waals surface area contributed by atoms with Crippen molar-refractivity contribution in [3.63, 3.8) is 0 Å². The van der Waals surface area contributed by atoms with Crippen molar-refractivity contribution in [1.29, 1.82) is 0 Å². The van der Waals surface area contributed by atoms with Gasteiger partial charge >= 0.3 is 0 Å². The summed E-state index contributed by atoms with van der Waals surface area (Å²) in [6.07, 6.45) is 0. The van der Waals surface area contributed by atoms with Gasteiger partial charge in [0.1, 0.15) is 0 Å². The first-order valence-electron chi connectivity index (χ1n) is 21.9. The Morgan fingerprint density at radius 2 is 0.476 bits per heavy atom. The highest BCUT2D eigenvalue weighted by Crippen LogP contribution is 2.46. The van der Waals surface area contributed by atoms with Crippen molar-refractivity contribution in [2.45, 2.75) is 0 Å². The molecule has 0 saturated carbocycles. The molecule has 6 aromatic heterocycles. The fraction of sp³-hybridized carbons (Fsp3) is 0. The summed E-state index contributed by atoms with van der Waals surface area (Å²) >= 11 is 0. The summed E-state index contributed by atoms with van der Waals surface area (Å²) in [6, 6.07) is 75.2. The molecule has 0 amide bonds. The lowest BCUT2D eigenvalue weighted by atomic mass is 9.96. The van der Waals surface area contributed by atoms with Crippen LogP contribution in [0.15, 0.2) is 200 Å². The summed E-state index contributed by atoms with van der Waals surface area (Å²) in [6.45, 7) is 0. The number of fused-ring (bicyclic) bond motifs is 18. The molecule has 0 saturated heterocycles. The molecule has 0 atom stereocenters. The van der Waals surface area contributed by atoms with Gasteiger partial charge in [-0.1, -0.05) is 127 Å². The van der Waals surface area contributed by atoms with E-state index in [4.69, 9.17) is 0 Å². The van der Waals surface area contributed by atoms with Crippen LogP contribution in [0.3, 0.4) is 0 Å². The average molecular weight is 796 g/mol. The van der Waals surface area contributed by atoms with Crippen LogP contribution in [0, 0.1) is 0 Å². The van der Waals surface area contributed by atoms with E-state index in [1.165, 1.54) is 148 Å². The monoisotopic (exact) mass is 795 g/mol. The van der Waals surface area contributed by atoms with E-state index < -0.39 is 0 Å². The van der Waals surface area contributed by atoms with Crippen molar-refractivity contribution in [2.75, 3.05) is 0 Å². The van der Waals surface area contributed by atoms with Gasteiger partial charge in [0, 0.05) is 64.6 Å². The Morgan fingerprint density at radius 1 is 0.175 bits per heavy atom. The van der Waals surface area contributed by atoms with Crippen LogP contribution in [0.5, 0.6) is 0 Å². The quantitative estimate of drug-likeness (QED) is 0.169. The minimum absolute atomic E-state index is 1.23. The van der Waals surface area contributed by atoms with Crippen molar-refractivity contribution in [2.24, 2.45) is 0 Å². The number of hydrogen-bond acceptors (Lipinski definition) is 0. The molecule has 0 fully saturated rings. The van der Waals surface area contributed by atoms with Gasteiger partial charge in [0.05, 0.1) is 49.7 Å². The van der Waals surface area contributed by atoms with E-state index in [-0.39, 0.29) is 0 Å². The molecule has 0 radical (unpaired) electrons. The van der Waals surface area contributed by atoms with Crippen molar-refractivity contribution in [3.8, 4) is 33.4 Å². The Balaban J connectivity index is 0.951. The molecule has 0 aliphatic rings. The molecule has 0 bridgehead atoms. The molecule has 16 aromatic rings. The number of hydrogen-bond donors (Lipinski definition) is 0. The third-order valence-corrected chi connectivity index (χ3v) is 14.6. The first-order valence-corrected chi connectivity index (χ1v) is 21.9. The van der Waals surface area contributed by atoms with Gasteiger partial charge in [0.2, 0.25) is 0 Å². The second-order valence-corrected chi connectivity index (χ2v) is 17.7. The van der Waals surface area contributed by atoms with E-state index in [0.717, 1.165) is 0 Å². The summed E-state index contributed by atoms with van der Waals surface area (Å²) in [5.41, 5.74) is 18.8. The van der Waals surface area contributed by atoms with Crippen LogP contribution in [0.25, 0.3) is 148 Å². The molecular weight excluding hydrogens is 763 g/mol. The maximum absolute atomic E-state index is 2.52. The summed E-state index contributed by atoms with van der Waals surface area (Å²) in [5, 5.41) is 15.6. The Kier molecular flexibility index (Phi) is 5.80. The Morgan fingerprint density at radius 3 is 0.937 bits per heavy atom. The zero-order valence-corrected chi connectivity index (χ0v) is 33.9. The second kappa shape index (κ2) is 11.3. The average Bonchev–Trinajstić information content (AvgIpc) is 4.18. The lowest BCUT2D eigenvalue weighted by molar-refractivity contribution is 1.37. The van der Waals surface area contributed by atoms with E-state index in [1.807, 2.05) is 0 Å². The largest absolute Gasteiger partial charge is 0.308 e. The highest BCUT2D eigenvalue weighted by molar-refractivity contribution is 6.27. The molecule has 3 nitrogen and oxygen atoms in total. The van der Waals surface area contributed by atoms with E-state index in [1.54, 1.807) is 0 Å². The standard InChI is InChI=1S/C60H33N3/c1-2-10-34(11-3-1)35-20-24-56-48(28-35)50-32-39(38-23-27-55-47(31-38)45-17-9-15-43-41-13-5-7-19-53(41)62(55)59(43)45)33-51-49-30-37(22-26-57(49)63(56)60(50)51)36-21-25-54-46(29-36)44-16-8-14-42-40-12-4-6-18-52(40)61(54)58(42)44/h1-33H. The zero-order valence-electron chi connectivity index (χ0n) is 33.9. The molecule has 3 heteroatoms. The van der Waals surface area contributed by atoms with Crippen molar-refractivity contribution in [3.05, 3.63) is 200 Å². The van der Waals surface area contributed by atoms with Gasteiger partial charge in [0.15, 0.2) is 0 Å².